The zero-order valence-electron chi connectivity index (χ0n) is 10.9. The van der Waals surface area contributed by atoms with Gasteiger partial charge in [0.05, 0.1) is 0 Å². The summed E-state index contributed by atoms with van der Waals surface area (Å²) >= 11 is 0. The number of pyridine rings is 1. The Morgan fingerprint density at radius 2 is 1.81 bits per heavy atom. The molecule has 90 valence electrons. The van der Waals surface area contributed by atoms with Gasteiger partial charge in [0.2, 0.25) is 0 Å². The highest BCUT2D eigenvalue weighted by Crippen LogP contribution is 2.22. The molecule has 1 N–H and O–H groups in total. The molecule has 0 saturated heterocycles. The largest absolute Gasteiger partial charge is 0.314 e. The Bertz CT molecular complexity index is 282. The summed E-state index contributed by atoms with van der Waals surface area (Å²) < 4.78 is 0. The maximum atomic E-state index is 4.07. The zero-order chi connectivity index (χ0) is 12.0. The Kier molecular flexibility index (Phi) is 5.47. The first-order valence-corrected chi connectivity index (χ1v) is 6.28. The van der Waals surface area contributed by atoms with E-state index < -0.39 is 0 Å². The molecular formula is C14H24N2. The second-order valence-electron chi connectivity index (χ2n) is 4.86. The second-order valence-corrected chi connectivity index (χ2v) is 4.86. The highest BCUT2D eigenvalue weighted by Gasteiger charge is 2.18. The molecule has 0 saturated carbocycles. The van der Waals surface area contributed by atoms with E-state index in [-0.39, 0.29) is 0 Å². The first-order chi connectivity index (χ1) is 7.65. The minimum absolute atomic E-state index is 0.547. The van der Waals surface area contributed by atoms with Crippen molar-refractivity contribution in [1.82, 2.24) is 10.3 Å². The molecule has 2 atom stereocenters. The summed E-state index contributed by atoms with van der Waals surface area (Å²) in [6, 6.07) is 4.80. The van der Waals surface area contributed by atoms with Crippen molar-refractivity contribution >= 4 is 0 Å². The van der Waals surface area contributed by atoms with Gasteiger partial charge in [0, 0.05) is 18.4 Å². The molecule has 0 amide bonds. The maximum Gasteiger partial charge on any atom is 0.0270 e. The molecule has 0 aliphatic rings. The van der Waals surface area contributed by atoms with E-state index in [1.54, 1.807) is 0 Å². The van der Waals surface area contributed by atoms with Crippen LogP contribution in [0.1, 0.15) is 45.6 Å². The standard InChI is InChI=1S/C14H24N2/c1-5-16-14(10-11(2)3)12(4)13-6-8-15-9-7-13/h6-9,11-12,14,16H,5,10H2,1-4H3. The van der Waals surface area contributed by atoms with E-state index in [9.17, 15) is 0 Å². The topological polar surface area (TPSA) is 24.9 Å². The molecule has 0 radical (unpaired) electrons. The lowest BCUT2D eigenvalue weighted by atomic mass is 9.88. The van der Waals surface area contributed by atoms with Gasteiger partial charge in [0.1, 0.15) is 0 Å². The zero-order valence-corrected chi connectivity index (χ0v) is 10.9. The van der Waals surface area contributed by atoms with E-state index >= 15 is 0 Å². The molecule has 0 bridgehead atoms. The van der Waals surface area contributed by atoms with E-state index in [1.165, 1.54) is 12.0 Å². The lowest BCUT2D eigenvalue weighted by Gasteiger charge is -2.26. The monoisotopic (exact) mass is 220 g/mol. The van der Waals surface area contributed by atoms with E-state index in [0.717, 1.165) is 12.5 Å². The van der Waals surface area contributed by atoms with Gasteiger partial charge in [-0.2, -0.15) is 0 Å². The highest BCUT2D eigenvalue weighted by molar-refractivity contribution is 5.17. The van der Waals surface area contributed by atoms with Crippen LogP contribution in [0.5, 0.6) is 0 Å². The summed E-state index contributed by atoms with van der Waals surface area (Å²) in [5.74, 6) is 1.28. The number of aromatic nitrogens is 1. The predicted octanol–water partition coefficient (Wildman–Crippen LogP) is 3.21. The molecule has 0 aliphatic carbocycles. The van der Waals surface area contributed by atoms with Crippen molar-refractivity contribution in [2.75, 3.05) is 6.54 Å². The van der Waals surface area contributed by atoms with E-state index in [1.807, 2.05) is 12.4 Å². The summed E-state index contributed by atoms with van der Waals surface area (Å²) in [4.78, 5) is 4.07. The van der Waals surface area contributed by atoms with Gasteiger partial charge < -0.3 is 5.32 Å². The quantitative estimate of drug-likeness (QED) is 0.796. The fraction of sp³-hybridized carbons (Fsp3) is 0.643. The minimum atomic E-state index is 0.547. The Balaban J connectivity index is 2.70. The van der Waals surface area contributed by atoms with Crippen LogP contribution in [0.15, 0.2) is 24.5 Å². The van der Waals surface area contributed by atoms with Crippen molar-refractivity contribution in [2.45, 2.75) is 46.1 Å². The molecule has 2 heteroatoms. The van der Waals surface area contributed by atoms with Gasteiger partial charge in [-0.3, -0.25) is 4.98 Å². The summed E-state index contributed by atoms with van der Waals surface area (Å²) in [7, 11) is 0. The molecule has 16 heavy (non-hydrogen) atoms. The smallest absolute Gasteiger partial charge is 0.0270 e. The van der Waals surface area contributed by atoms with Gasteiger partial charge in [-0.1, -0.05) is 27.7 Å². The van der Waals surface area contributed by atoms with Crippen LogP contribution in [0.3, 0.4) is 0 Å². The molecule has 0 fully saturated rings. The van der Waals surface area contributed by atoms with Crippen molar-refractivity contribution in [3.05, 3.63) is 30.1 Å². The molecule has 2 unspecified atom stereocenters. The first kappa shape index (κ1) is 13.2. The molecule has 1 heterocycles. The number of nitrogens with zero attached hydrogens (tertiary/aromatic N) is 1. The van der Waals surface area contributed by atoms with Crippen molar-refractivity contribution in [1.29, 1.82) is 0 Å². The minimum Gasteiger partial charge on any atom is -0.314 e. The molecular weight excluding hydrogens is 196 g/mol. The molecule has 1 aromatic rings. The van der Waals surface area contributed by atoms with Crippen LogP contribution in [0.25, 0.3) is 0 Å². The SMILES string of the molecule is CCNC(CC(C)C)C(C)c1ccncc1. The molecule has 1 rings (SSSR count). The molecule has 1 aromatic heterocycles. The summed E-state index contributed by atoms with van der Waals surface area (Å²) in [5, 5.41) is 3.59. The van der Waals surface area contributed by atoms with Crippen LogP contribution in [0.2, 0.25) is 0 Å². The Hall–Kier alpha value is -0.890. The third kappa shape index (κ3) is 3.93. The molecule has 2 nitrogen and oxygen atoms in total. The van der Waals surface area contributed by atoms with Crippen LogP contribution in [0.4, 0.5) is 0 Å². The van der Waals surface area contributed by atoms with Crippen LogP contribution in [-0.4, -0.2) is 17.6 Å². The first-order valence-electron chi connectivity index (χ1n) is 6.28. The normalized spacial score (nSPS) is 15.1. The lowest BCUT2D eigenvalue weighted by molar-refractivity contribution is 0.382. The lowest BCUT2D eigenvalue weighted by Crippen LogP contribution is -2.34. The maximum absolute atomic E-state index is 4.07. The third-order valence-corrected chi connectivity index (χ3v) is 3.03. The number of likely N-dealkylation sites (N-methyl/N-ethyl adjacent to an activating group) is 1. The van der Waals surface area contributed by atoms with Crippen molar-refractivity contribution < 1.29 is 0 Å². The Morgan fingerprint density at radius 1 is 1.19 bits per heavy atom. The summed E-state index contributed by atoms with van der Waals surface area (Å²) in [6.45, 7) is 10.1. The van der Waals surface area contributed by atoms with Crippen LogP contribution in [0, 0.1) is 5.92 Å². The number of hydrogen-bond donors (Lipinski definition) is 1. The summed E-state index contributed by atoms with van der Waals surface area (Å²) in [5.41, 5.74) is 1.38. The van der Waals surface area contributed by atoms with Crippen molar-refractivity contribution in [2.24, 2.45) is 5.92 Å². The summed E-state index contributed by atoms with van der Waals surface area (Å²) in [6.07, 6.45) is 4.98. The molecule has 0 spiro atoms. The molecule has 0 aliphatic heterocycles. The Morgan fingerprint density at radius 3 is 2.31 bits per heavy atom. The number of rotatable bonds is 6. The fourth-order valence-electron chi connectivity index (χ4n) is 2.13. The van der Waals surface area contributed by atoms with Gasteiger partial charge in [-0.05, 0) is 42.5 Å². The van der Waals surface area contributed by atoms with Crippen LogP contribution >= 0.6 is 0 Å². The van der Waals surface area contributed by atoms with E-state index in [0.29, 0.717) is 12.0 Å². The number of nitrogens with one attached hydrogen (secondary N) is 1. The molecule has 0 aromatic carbocycles. The van der Waals surface area contributed by atoms with Crippen molar-refractivity contribution in [3.63, 3.8) is 0 Å². The Labute approximate surface area is 99.5 Å². The van der Waals surface area contributed by atoms with Gasteiger partial charge in [0.15, 0.2) is 0 Å². The number of hydrogen-bond acceptors (Lipinski definition) is 2. The average molecular weight is 220 g/mol. The predicted molar refractivity (Wildman–Crippen MR) is 69.6 cm³/mol. The van der Waals surface area contributed by atoms with Crippen LogP contribution < -0.4 is 5.32 Å². The fourth-order valence-corrected chi connectivity index (χ4v) is 2.13. The van der Waals surface area contributed by atoms with Gasteiger partial charge in [-0.25, -0.2) is 0 Å². The van der Waals surface area contributed by atoms with Gasteiger partial charge in [-0.15, -0.1) is 0 Å². The highest BCUT2D eigenvalue weighted by atomic mass is 14.9. The third-order valence-electron chi connectivity index (χ3n) is 3.03. The van der Waals surface area contributed by atoms with E-state index in [2.05, 4.69) is 50.1 Å². The van der Waals surface area contributed by atoms with Gasteiger partial charge in [0.25, 0.3) is 0 Å². The van der Waals surface area contributed by atoms with Crippen LogP contribution in [-0.2, 0) is 0 Å². The van der Waals surface area contributed by atoms with E-state index in [4.69, 9.17) is 0 Å². The van der Waals surface area contributed by atoms with Crippen molar-refractivity contribution in [3.8, 4) is 0 Å². The average Bonchev–Trinajstić information content (AvgIpc) is 2.28. The second kappa shape index (κ2) is 6.64. The van der Waals surface area contributed by atoms with Gasteiger partial charge >= 0.3 is 0 Å².